The normalized spacial score (nSPS) is 17.6. The van der Waals surface area contributed by atoms with Crippen molar-refractivity contribution in [3.63, 3.8) is 0 Å². The zero-order chi connectivity index (χ0) is 25.1. The van der Waals surface area contributed by atoms with Gasteiger partial charge in [-0.25, -0.2) is 9.67 Å². The number of aryl methyl sites for hydroxylation is 2. The van der Waals surface area contributed by atoms with Gasteiger partial charge in [-0.2, -0.15) is 4.98 Å². The molecule has 0 unspecified atom stereocenters. The van der Waals surface area contributed by atoms with E-state index in [1.807, 2.05) is 56.4 Å². The van der Waals surface area contributed by atoms with Crippen LogP contribution in [0.15, 0.2) is 47.0 Å². The number of rotatable bonds is 8. The van der Waals surface area contributed by atoms with Crippen molar-refractivity contribution < 1.29 is 19.2 Å². The topological polar surface area (TPSA) is 141 Å². The summed E-state index contributed by atoms with van der Waals surface area (Å²) in [7, 11) is 1.81. The number of anilines is 1. The van der Waals surface area contributed by atoms with Gasteiger partial charge in [-0.1, -0.05) is 23.4 Å². The van der Waals surface area contributed by atoms with Gasteiger partial charge in [0.25, 0.3) is 11.8 Å². The van der Waals surface area contributed by atoms with E-state index < -0.39 is 5.97 Å². The van der Waals surface area contributed by atoms with E-state index in [9.17, 15) is 9.90 Å². The smallest absolute Gasteiger partial charge is 0.306 e. The first kappa shape index (κ1) is 23.5. The number of hydrogen-bond acceptors (Lipinski definition) is 9. The van der Waals surface area contributed by atoms with Crippen LogP contribution in [0.25, 0.3) is 22.8 Å². The second-order valence-corrected chi connectivity index (χ2v) is 8.87. The summed E-state index contributed by atoms with van der Waals surface area (Å²) < 4.78 is 13.2. The Labute approximate surface area is 207 Å². The molecule has 186 valence electrons. The van der Waals surface area contributed by atoms with Crippen LogP contribution in [0.2, 0.25) is 0 Å². The number of pyridine rings is 1. The van der Waals surface area contributed by atoms with Crippen LogP contribution in [0.5, 0.6) is 5.75 Å². The summed E-state index contributed by atoms with van der Waals surface area (Å²) in [5, 5.41) is 25.0. The number of nitrogens with one attached hydrogen (secondary N) is 1. The van der Waals surface area contributed by atoms with Crippen LogP contribution in [0.1, 0.15) is 37.1 Å². The van der Waals surface area contributed by atoms with Gasteiger partial charge in [0.15, 0.2) is 0 Å². The highest BCUT2D eigenvalue weighted by Crippen LogP contribution is 2.30. The van der Waals surface area contributed by atoms with Crippen LogP contribution in [-0.2, 0) is 18.4 Å². The standard InChI is InChI=1S/C25H27N7O4/c1-15-21(35-18-10-6-9-17(13-18)24(33)34)12-11-19(27-15)22-20(32(2)31-29-22)14-26-25-28-23(36-30-25)16-7-4-3-5-8-16/h3-5,7-8,11-12,17-18H,6,9-10,13-14H2,1-2H3,(H,26,30)(H,33,34)/t17-,18-/m0/s1. The molecular formula is C25H27N7O4. The average molecular weight is 490 g/mol. The Morgan fingerprint density at radius 1 is 1.19 bits per heavy atom. The molecule has 1 aromatic carbocycles. The van der Waals surface area contributed by atoms with Crippen LogP contribution in [0.4, 0.5) is 5.95 Å². The molecule has 0 amide bonds. The number of benzene rings is 1. The fraction of sp³-hybridized carbons (Fsp3) is 0.360. The quantitative estimate of drug-likeness (QED) is 0.374. The molecule has 1 saturated carbocycles. The summed E-state index contributed by atoms with van der Waals surface area (Å²) in [4.78, 5) is 20.5. The minimum Gasteiger partial charge on any atom is -0.489 e. The lowest BCUT2D eigenvalue weighted by molar-refractivity contribution is -0.143. The van der Waals surface area contributed by atoms with Gasteiger partial charge in [0.05, 0.1) is 35.6 Å². The molecule has 3 heterocycles. The van der Waals surface area contributed by atoms with Crippen LogP contribution in [0, 0.1) is 12.8 Å². The fourth-order valence-corrected chi connectivity index (χ4v) is 4.39. The molecule has 11 heteroatoms. The van der Waals surface area contributed by atoms with Gasteiger partial charge in [-0.3, -0.25) is 4.79 Å². The molecular weight excluding hydrogens is 462 g/mol. The first-order valence-corrected chi connectivity index (χ1v) is 11.9. The number of hydrogen-bond donors (Lipinski definition) is 2. The molecule has 36 heavy (non-hydrogen) atoms. The molecule has 3 aromatic heterocycles. The van der Waals surface area contributed by atoms with Crippen LogP contribution in [-0.4, -0.2) is 47.3 Å². The average Bonchev–Trinajstić information content (AvgIpc) is 3.51. The van der Waals surface area contributed by atoms with Gasteiger partial charge in [0.2, 0.25) is 0 Å². The summed E-state index contributed by atoms with van der Waals surface area (Å²) in [6.45, 7) is 2.24. The fourth-order valence-electron chi connectivity index (χ4n) is 4.39. The van der Waals surface area contributed by atoms with Gasteiger partial charge < -0.3 is 19.7 Å². The van der Waals surface area contributed by atoms with Crippen LogP contribution < -0.4 is 10.1 Å². The number of carboxylic acids is 1. The molecule has 11 nitrogen and oxygen atoms in total. The van der Waals surface area contributed by atoms with E-state index in [4.69, 9.17) is 14.2 Å². The third kappa shape index (κ3) is 5.04. The Balaban J connectivity index is 1.28. The van der Waals surface area contributed by atoms with E-state index in [0.717, 1.165) is 24.1 Å². The van der Waals surface area contributed by atoms with Gasteiger partial charge >= 0.3 is 5.97 Å². The first-order valence-electron chi connectivity index (χ1n) is 11.9. The van der Waals surface area contributed by atoms with Crippen molar-refractivity contribution in [2.75, 3.05) is 5.32 Å². The number of ether oxygens (including phenoxy) is 1. The zero-order valence-corrected chi connectivity index (χ0v) is 20.1. The molecule has 0 bridgehead atoms. The molecule has 2 N–H and O–H groups in total. The predicted octanol–water partition coefficient (Wildman–Crippen LogP) is 3.87. The molecule has 5 rings (SSSR count). The lowest BCUT2D eigenvalue weighted by Gasteiger charge is -2.27. The highest BCUT2D eigenvalue weighted by atomic mass is 16.5. The van der Waals surface area contributed by atoms with Crippen molar-refractivity contribution in [3.05, 3.63) is 53.9 Å². The molecule has 0 saturated heterocycles. The van der Waals surface area contributed by atoms with Gasteiger partial charge in [0, 0.05) is 12.6 Å². The second kappa shape index (κ2) is 10.1. The molecule has 1 aliphatic rings. The third-order valence-corrected chi connectivity index (χ3v) is 6.35. The molecule has 1 aliphatic carbocycles. The van der Waals surface area contributed by atoms with Crippen molar-refractivity contribution >= 4 is 11.9 Å². The summed E-state index contributed by atoms with van der Waals surface area (Å²) in [6, 6.07) is 13.3. The molecule has 2 atom stereocenters. The lowest BCUT2D eigenvalue weighted by Crippen LogP contribution is -2.29. The van der Waals surface area contributed by atoms with Crippen molar-refractivity contribution in [2.24, 2.45) is 13.0 Å². The van der Waals surface area contributed by atoms with E-state index in [1.54, 1.807) is 4.68 Å². The molecule has 0 radical (unpaired) electrons. The Bertz CT molecular complexity index is 1350. The van der Waals surface area contributed by atoms with Crippen molar-refractivity contribution in [3.8, 4) is 28.6 Å². The molecule has 0 spiro atoms. The minimum absolute atomic E-state index is 0.127. The number of nitrogens with zero attached hydrogens (tertiary/aromatic N) is 6. The summed E-state index contributed by atoms with van der Waals surface area (Å²) in [5.41, 5.74) is 3.65. The van der Waals surface area contributed by atoms with E-state index in [1.165, 1.54) is 0 Å². The summed E-state index contributed by atoms with van der Waals surface area (Å²) in [6.07, 6.45) is 2.77. The van der Waals surface area contributed by atoms with E-state index in [2.05, 4.69) is 25.8 Å². The summed E-state index contributed by atoms with van der Waals surface area (Å²) >= 11 is 0. The number of aliphatic carboxylic acids is 1. The number of aromatic nitrogens is 6. The predicted molar refractivity (Wildman–Crippen MR) is 130 cm³/mol. The Hall–Kier alpha value is -4.28. The van der Waals surface area contributed by atoms with E-state index in [0.29, 0.717) is 54.1 Å². The third-order valence-electron chi connectivity index (χ3n) is 6.35. The van der Waals surface area contributed by atoms with Crippen molar-refractivity contribution in [1.29, 1.82) is 0 Å². The van der Waals surface area contributed by atoms with Gasteiger partial charge in [0.1, 0.15) is 11.4 Å². The number of carboxylic acid groups (broad SMARTS) is 1. The first-order chi connectivity index (χ1) is 17.5. The van der Waals surface area contributed by atoms with E-state index in [-0.39, 0.29) is 12.0 Å². The maximum atomic E-state index is 11.4. The zero-order valence-electron chi connectivity index (χ0n) is 20.1. The SMILES string of the molecule is Cc1nc(-c2nnn(C)c2CNc2noc(-c3ccccc3)n2)ccc1O[C@H]1CCC[C@H](C(=O)O)C1. The lowest BCUT2D eigenvalue weighted by atomic mass is 9.87. The largest absolute Gasteiger partial charge is 0.489 e. The Kier molecular flexibility index (Phi) is 6.61. The maximum absolute atomic E-state index is 11.4. The number of carbonyl (C=O) groups is 1. The van der Waals surface area contributed by atoms with Crippen molar-refractivity contribution in [1.82, 2.24) is 30.1 Å². The highest BCUT2D eigenvalue weighted by Gasteiger charge is 2.28. The maximum Gasteiger partial charge on any atom is 0.306 e. The summed E-state index contributed by atoms with van der Waals surface area (Å²) in [5.74, 6) is 0.338. The van der Waals surface area contributed by atoms with Gasteiger partial charge in [-0.15, -0.1) is 5.10 Å². The minimum atomic E-state index is -0.755. The van der Waals surface area contributed by atoms with Gasteiger partial charge in [-0.05, 0) is 62.0 Å². The monoisotopic (exact) mass is 489 g/mol. The van der Waals surface area contributed by atoms with Crippen molar-refractivity contribution in [2.45, 2.75) is 45.3 Å². The van der Waals surface area contributed by atoms with Crippen LogP contribution in [0.3, 0.4) is 0 Å². The molecule has 4 aromatic rings. The molecule has 0 aliphatic heterocycles. The highest BCUT2D eigenvalue weighted by molar-refractivity contribution is 5.70. The van der Waals surface area contributed by atoms with E-state index >= 15 is 0 Å². The second-order valence-electron chi connectivity index (χ2n) is 8.87. The van der Waals surface area contributed by atoms with Crippen LogP contribution >= 0.6 is 0 Å². The Morgan fingerprint density at radius 3 is 2.81 bits per heavy atom. The Morgan fingerprint density at radius 2 is 2.03 bits per heavy atom. The molecule has 1 fully saturated rings.